The summed E-state index contributed by atoms with van der Waals surface area (Å²) in [6.07, 6.45) is -0.811. The van der Waals surface area contributed by atoms with Gasteiger partial charge in [0.1, 0.15) is 30.7 Å². The summed E-state index contributed by atoms with van der Waals surface area (Å²) in [5.41, 5.74) is 7.00. The Hall–Kier alpha value is -3.61. The average molecular weight is 424 g/mol. The number of para-hydroxylation sites is 1. The van der Waals surface area contributed by atoms with Crippen LogP contribution in [0.25, 0.3) is 0 Å². The first-order chi connectivity index (χ1) is 14.9. The number of anilines is 1. The second kappa shape index (κ2) is 9.93. The van der Waals surface area contributed by atoms with Crippen LogP contribution in [0.5, 0.6) is 11.5 Å². The van der Waals surface area contributed by atoms with E-state index in [9.17, 15) is 14.7 Å². The summed E-state index contributed by atoms with van der Waals surface area (Å²) in [4.78, 5) is 27.6. The molecule has 3 amide bonds. The van der Waals surface area contributed by atoms with E-state index >= 15 is 0 Å². The standard InChI is InChI=1S/C22H24N4O5/c1-30-19-7-4-6-17(10-19)25-13-21(28)26(22(25)29)12-16(24)9-18(27)14-31-20-8-3-2-5-15(20)11-23/h2-8,10,16,18,27H,9,12-14,24H2,1H3. The molecule has 2 unspecified atom stereocenters. The number of nitriles is 1. The van der Waals surface area contributed by atoms with Crippen molar-refractivity contribution in [2.45, 2.75) is 18.6 Å². The third kappa shape index (κ3) is 5.31. The highest BCUT2D eigenvalue weighted by molar-refractivity contribution is 6.12. The fourth-order valence-electron chi connectivity index (χ4n) is 3.30. The van der Waals surface area contributed by atoms with Crippen molar-refractivity contribution in [3.8, 4) is 17.6 Å². The molecule has 1 heterocycles. The third-order valence-electron chi connectivity index (χ3n) is 4.85. The van der Waals surface area contributed by atoms with Gasteiger partial charge in [-0.1, -0.05) is 18.2 Å². The second-order valence-corrected chi connectivity index (χ2v) is 7.14. The van der Waals surface area contributed by atoms with Crippen molar-refractivity contribution in [2.24, 2.45) is 5.73 Å². The number of rotatable bonds is 9. The largest absolute Gasteiger partial charge is 0.497 e. The van der Waals surface area contributed by atoms with Gasteiger partial charge in [0.25, 0.3) is 5.91 Å². The predicted octanol–water partition coefficient (Wildman–Crippen LogP) is 1.49. The maximum Gasteiger partial charge on any atom is 0.331 e. The van der Waals surface area contributed by atoms with Gasteiger partial charge in [0.2, 0.25) is 0 Å². The fraction of sp³-hybridized carbons (Fsp3) is 0.318. The van der Waals surface area contributed by atoms with E-state index in [-0.39, 0.29) is 32.0 Å². The molecule has 1 fully saturated rings. The fourth-order valence-corrected chi connectivity index (χ4v) is 3.30. The molecular formula is C22H24N4O5. The van der Waals surface area contributed by atoms with Crippen molar-refractivity contribution in [3.05, 3.63) is 54.1 Å². The number of aliphatic hydroxyl groups is 1. The molecular weight excluding hydrogens is 400 g/mol. The summed E-state index contributed by atoms with van der Waals surface area (Å²) in [5, 5.41) is 19.3. The molecule has 2 atom stereocenters. The molecule has 0 spiro atoms. The molecule has 9 heteroatoms. The van der Waals surface area contributed by atoms with Crippen LogP contribution in [0.15, 0.2) is 48.5 Å². The zero-order valence-electron chi connectivity index (χ0n) is 17.1. The predicted molar refractivity (Wildman–Crippen MR) is 113 cm³/mol. The smallest absolute Gasteiger partial charge is 0.331 e. The van der Waals surface area contributed by atoms with Gasteiger partial charge in [0.05, 0.1) is 18.8 Å². The number of hydrogen-bond acceptors (Lipinski definition) is 7. The van der Waals surface area contributed by atoms with Crippen molar-refractivity contribution in [2.75, 3.05) is 31.7 Å². The molecule has 0 bridgehead atoms. The van der Waals surface area contributed by atoms with E-state index in [1.54, 1.807) is 48.5 Å². The SMILES string of the molecule is COc1cccc(N2CC(=O)N(CC(N)CC(O)COc3ccccc3C#N)C2=O)c1. The van der Waals surface area contributed by atoms with Crippen LogP contribution in [0.4, 0.5) is 10.5 Å². The number of aliphatic hydroxyl groups excluding tert-OH is 1. The van der Waals surface area contributed by atoms with Crippen LogP contribution < -0.4 is 20.1 Å². The Labute approximate surface area is 180 Å². The minimum absolute atomic E-state index is 0.0238. The number of carbonyl (C=O) groups is 2. The van der Waals surface area contributed by atoms with E-state index in [2.05, 4.69) is 0 Å². The molecule has 3 N–H and O–H groups in total. The number of urea groups is 1. The van der Waals surface area contributed by atoms with Crippen LogP contribution in [0.1, 0.15) is 12.0 Å². The Morgan fingerprint density at radius 1 is 1.23 bits per heavy atom. The molecule has 0 aromatic heterocycles. The first-order valence-electron chi connectivity index (χ1n) is 9.74. The lowest BCUT2D eigenvalue weighted by Crippen LogP contribution is -2.44. The molecule has 1 aliphatic heterocycles. The summed E-state index contributed by atoms with van der Waals surface area (Å²) < 4.78 is 10.7. The number of hydrogen-bond donors (Lipinski definition) is 2. The van der Waals surface area contributed by atoms with Crippen molar-refractivity contribution in [1.82, 2.24) is 4.90 Å². The van der Waals surface area contributed by atoms with Gasteiger partial charge in [-0.2, -0.15) is 5.26 Å². The van der Waals surface area contributed by atoms with Crippen LogP contribution in [0, 0.1) is 11.3 Å². The minimum atomic E-state index is -0.927. The number of carbonyl (C=O) groups excluding carboxylic acids is 2. The monoisotopic (exact) mass is 424 g/mol. The van der Waals surface area contributed by atoms with Gasteiger partial charge < -0.3 is 20.3 Å². The number of nitrogens with zero attached hydrogens (tertiary/aromatic N) is 3. The Morgan fingerprint density at radius 3 is 2.74 bits per heavy atom. The molecule has 3 rings (SSSR count). The maximum absolute atomic E-state index is 12.7. The van der Waals surface area contributed by atoms with E-state index in [1.807, 2.05) is 6.07 Å². The zero-order valence-corrected chi connectivity index (χ0v) is 17.1. The van der Waals surface area contributed by atoms with Crippen LogP contribution in [-0.4, -0.2) is 60.9 Å². The van der Waals surface area contributed by atoms with Gasteiger partial charge in [-0.15, -0.1) is 0 Å². The normalized spacial score (nSPS) is 15.5. The quantitative estimate of drug-likeness (QED) is 0.584. The number of imide groups is 1. The van der Waals surface area contributed by atoms with Crippen molar-refractivity contribution in [1.29, 1.82) is 5.26 Å². The van der Waals surface area contributed by atoms with Crippen molar-refractivity contribution < 1.29 is 24.2 Å². The second-order valence-electron chi connectivity index (χ2n) is 7.14. The van der Waals surface area contributed by atoms with Crippen molar-refractivity contribution >= 4 is 17.6 Å². The van der Waals surface area contributed by atoms with Gasteiger partial charge in [0, 0.05) is 24.3 Å². The van der Waals surface area contributed by atoms with Gasteiger partial charge in [-0.05, 0) is 30.7 Å². The van der Waals surface area contributed by atoms with E-state index in [0.717, 1.165) is 4.90 Å². The Morgan fingerprint density at radius 2 is 2.00 bits per heavy atom. The number of benzene rings is 2. The van der Waals surface area contributed by atoms with Crippen molar-refractivity contribution in [3.63, 3.8) is 0 Å². The lowest BCUT2D eigenvalue weighted by molar-refractivity contribution is -0.125. The third-order valence-corrected chi connectivity index (χ3v) is 4.85. The summed E-state index contributed by atoms with van der Waals surface area (Å²) in [7, 11) is 1.52. The van der Waals surface area contributed by atoms with Gasteiger partial charge in [0.15, 0.2) is 0 Å². The highest BCUT2D eigenvalue weighted by Crippen LogP contribution is 2.25. The molecule has 9 nitrogen and oxygen atoms in total. The minimum Gasteiger partial charge on any atom is -0.497 e. The van der Waals surface area contributed by atoms with Crippen LogP contribution in [-0.2, 0) is 4.79 Å². The molecule has 0 aliphatic carbocycles. The number of nitrogens with two attached hydrogens (primary N) is 1. The topological polar surface area (TPSA) is 129 Å². The lowest BCUT2D eigenvalue weighted by Gasteiger charge is -2.22. The van der Waals surface area contributed by atoms with E-state index in [1.165, 1.54) is 12.0 Å². The zero-order chi connectivity index (χ0) is 22.4. The summed E-state index contributed by atoms with van der Waals surface area (Å²) in [5.74, 6) is 0.586. The number of methoxy groups -OCH3 is 1. The number of ether oxygens (including phenoxy) is 2. The van der Waals surface area contributed by atoms with Crippen LogP contribution >= 0.6 is 0 Å². The summed E-state index contributed by atoms with van der Waals surface area (Å²) >= 11 is 0. The molecule has 1 aliphatic rings. The summed E-state index contributed by atoms with van der Waals surface area (Å²) in [6.45, 7) is -0.177. The molecule has 1 saturated heterocycles. The Balaban J connectivity index is 1.54. The highest BCUT2D eigenvalue weighted by Gasteiger charge is 2.37. The van der Waals surface area contributed by atoms with E-state index in [4.69, 9.17) is 20.5 Å². The van der Waals surface area contributed by atoms with Gasteiger partial charge in [-0.3, -0.25) is 14.6 Å². The maximum atomic E-state index is 12.7. The molecule has 31 heavy (non-hydrogen) atoms. The first-order valence-corrected chi connectivity index (χ1v) is 9.74. The van der Waals surface area contributed by atoms with E-state index in [0.29, 0.717) is 22.7 Å². The lowest BCUT2D eigenvalue weighted by atomic mass is 10.1. The molecule has 0 saturated carbocycles. The average Bonchev–Trinajstić information content (AvgIpc) is 3.06. The highest BCUT2D eigenvalue weighted by atomic mass is 16.5. The Kier molecular flexibility index (Phi) is 7.07. The van der Waals surface area contributed by atoms with E-state index < -0.39 is 18.2 Å². The summed E-state index contributed by atoms with van der Waals surface area (Å²) in [6, 6.07) is 14.5. The Bertz CT molecular complexity index is 990. The number of amides is 3. The molecule has 0 radical (unpaired) electrons. The van der Waals surface area contributed by atoms with Crippen LogP contribution in [0.2, 0.25) is 0 Å². The van der Waals surface area contributed by atoms with Gasteiger partial charge in [-0.25, -0.2) is 4.79 Å². The first kappa shape index (κ1) is 22.1. The van der Waals surface area contributed by atoms with Gasteiger partial charge >= 0.3 is 6.03 Å². The van der Waals surface area contributed by atoms with Crippen LogP contribution in [0.3, 0.4) is 0 Å². The molecule has 2 aromatic rings. The molecule has 162 valence electrons. The molecule has 2 aromatic carbocycles.